The minimum Gasteiger partial charge on any atom is -0.478 e. The number of sulfonamides is 1. The van der Waals surface area contributed by atoms with Crippen LogP contribution in [0.1, 0.15) is 10.4 Å². The molecule has 0 unspecified atom stereocenters. The van der Waals surface area contributed by atoms with Crippen molar-refractivity contribution in [2.75, 3.05) is 4.72 Å². The highest BCUT2D eigenvalue weighted by Gasteiger charge is 2.23. The van der Waals surface area contributed by atoms with E-state index in [1.165, 1.54) is 24.3 Å². The number of rotatable bonds is 4. The highest BCUT2D eigenvalue weighted by atomic mass is 35.5. The van der Waals surface area contributed by atoms with Crippen LogP contribution in [0.5, 0.6) is 0 Å². The number of hydrogen-bond donors (Lipinski definition) is 2. The van der Waals surface area contributed by atoms with Crippen LogP contribution in [0.2, 0.25) is 10.0 Å². The first-order valence-corrected chi connectivity index (χ1v) is 7.86. The summed E-state index contributed by atoms with van der Waals surface area (Å²) < 4.78 is 26.6. The van der Waals surface area contributed by atoms with Crippen LogP contribution >= 0.6 is 23.2 Å². The molecule has 2 N–H and O–H groups in total. The molecule has 0 atom stereocenters. The van der Waals surface area contributed by atoms with Gasteiger partial charge in [0.05, 0.1) is 20.6 Å². The van der Waals surface area contributed by atoms with Gasteiger partial charge in [-0.1, -0.05) is 41.4 Å². The third-order valence-corrected chi connectivity index (χ3v) is 4.60. The van der Waals surface area contributed by atoms with Crippen molar-refractivity contribution in [1.29, 1.82) is 0 Å². The van der Waals surface area contributed by atoms with Gasteiger partial charge in [0.1, 0.15) is 5.56 Å². The predicted octanol–water partition coefficient (Wildman–Crippen LogP) is 3.49. The molecular weight excluding hydrogens is 337 g/mol. The lowest BCUT2D eigenvalue weighted by atomic mass is 10.2. The Labute approximate surface area is 131 Å². The number of nitrogens with one attached hydrogen (secondary N) is 1. The number of hydrogen-bond acceptors (Lipinski definition) is 3. The standard InChI is InChI=1S/C13H9Cl2NO4S/c14-9-6-7-10(15)12(11(9)13(17)18)16-21(19,20)8-4-2-1-3-5-8/h1-7,16H,(H,17,18). The summed E-state index contributed by atoms with van der Waals surface area (Å²) in [6.07, 6.45) is 0. The number of benzene rings is 2. The summed E-state index contributed by atoms with van der Waals surface area (Å²) in [7, 11) is -3.97. The summed E-state index contributed by atoms with van der Waals surface area (Å²) in [6, 6.07) is 10.1. The SMILES string of the molecule is O=C(O)c1c(Cl)ccc(Cl)c1NS(=O)(=O)c1ccccc1. The molecule has 0 radical (unpaired) electrons. The minimum atomic E-state index is -3.97. The fourth-order valence-electron chi connectivity index (χ4n) is 1.65. The zero-order valence-corrected chi connectivity index (χ0v) is 12.7. The number of carbonyl (C=O) groups is 1. The van der Waals surface area contributed by atoms with Crippen LogP contribution in [-0.2, 0) is 10.0 Å². The molecule has 0 fully saturated rings. The molecule has 0 bridgehead atoms. The van der Waals surface area contributed by atoms with Gasteiger partial charge in [0, 0.05) is 0 Å². The molecule has 0 spiro atoms. The van der Waals surface area contributed by atoms with E-state index in [1.807, 2.05) is 0 Å². The predicted molar refractivity (Wildman–Crippen MR) is 80.7 cm³/mol. The largest absolute Gasteiger partial charge is 0.478 e. The van der Waals surface area contributed by atoms with Gasteiger partial charge in [0.15, 0.2) is 0 Å². The second kappa shape index (κ2) is 5.93. The van der Waals surface area contributed by atoms with Crippen molar-refractivity contribution in [2.45, 2.75) is 4.90 Å². The molecule has 2 rings (SSSR count). The monoisotopic (exact) mass is 345 g/mol. The molecule has 2 aromatic rings. The lowest BCUT2D eigenvalue weighted by Gasteiger charge is -2.13. The van der Waals surface area contributed by atoms with Gasteiger partial charge in [-0.3, -0.25) is 4.72 Å². The Balaban J connectivity index is 2.55. The zero-order valence-electron chi connectivity index (χ0n) is 10.4. The highest BCUT2D eigenvalue weighted by Crippen LogP contribution is 2.33. The summed E-state index contributed by atoms with van der Waals surface area (Å²) in [5.74, 6) is -1.38. The Morgan fingerprint density at radius 1 is 1.00 bits per heavy atom. The molecular formula is C13H9Cl2NO4S. The van der Waals surface area contributed by atoms with Crippen molar-refractivity contribution in [1.82, 2.24) is 0 Å². The second-order valence-corrected chi connectivity index (χ2v) is 6.50. The molecule has 0 aliphatic heterocycles. The Morgan fingerprint density at radius 3 is 2.14 bits per heavy atom. The average Bonchev–Trinajstić information content (AvgIpc) is 2.43. The molecule has 0 amide bonds. The minimum absolute atomic E-state index is 0.0163. The van der Waals surface area contributed by atoms with E-state index in [0.29, 0.717) is 0 Å². The van der Waals surface area contributed by atoms with Gasteiger partial charge in [0.2, 0.25) is 0 Å². The molecule has 2 aromatic carbocycles. The van der Waals surface area contributed by atoms with Crippen molar-refractivity contribution in [3.05, 3.63) is 58.1 Å². The third-order valence-electron chi connectivity index (χ3n) is 2.61. The van der Waals surface area contributed by atoms with Crippen LogP contribution in [0.25, 0.3) is 0 Å². The van der Waals surface area contributed by atoms with E-state index < -0.39 is 21.6 Å². The Bertz CT molecular complexity index is 791. The molecule has 0 saturated heterocycles. The zero-order chi connectivity index (χ0) is 15.6. The number of carboxylic acids is 1. The van der Waals surface area contributed by atoms with E-state index in [-0.39, 0.29) is 20.6 Å². The lowest BCUT2D eigenvalue weighted by molar-refractivity contribution is 0.0698. The highest BCUT2D eigenvalue weighted by molar-refractivity contribution is 7.92. The Kier molecular flexibility index (Phi) is 4.41. The first kappa shape index (κ1) is 15.6. The molecule has 110 valence electrons. The van der Waals surface area contributed by atoms with Crippen LogP contribution in [0.15, 0.2) is 47.4 Å². The Morgan fingerprint density at radius 2 is 1.57 bits per heavy atom. The van der Waals surface area contributed by atoms with Gasteiger partial charge >= 0.3 is 5.97 Å². The smallest absolute Gasteiger partial charge is 0.339 e. The third kappa shape index (κ3) is 3.29. The lowest BCUT2D eigenvalue weighted by Crippen LogP contribution is -2.16. The van der Waals surface area contributed by atoms with Crippen molar-refractivity contribution in [3.8, 4) is 0 Å². The van der Waals surface area contributed by atoms with Crippen LogP contribution in [-0.4, -0.2) is 19.5 Å². The van der Waals surface area contributed by atoms with Gasteiger partial charge in [-0.15, -0.1) is 0 Å². The van der Waals surface area contributed by atoms with Crippen molar-refractivity contribution in [2.24, 2.45) is 0 Å². The molecule has 5 nitrogen and oxygen atoms in total. The number of aromatic carboxylic acids is 1. The van der Waals surface area contributed by atoms with Gasteiger partial charge < -0.3 is 5.11 Å². The maximum atomic E-state index is 12.2. The summed E-state index contributed by atoms with van der Waals surface area (Å²) in [4.78, 5) is 11.2. The van der Waals surface area contributed by atoms with Crippen LogP contribution in [0.4, 0.5) is 5.69 Å². The normalized spacial score (nSPS) is 11.1. The molecule has 21 heavy (non-hydrogen) atoms. The number of halogens is 2. The first-order valence-electron chi connectivity index (χ1n) is 5.62. The average molecular weight is 346 g/mol. The van der Waals surface area contributed by atoms with Crippen molar-refractivity contribution < 1.29 is 18.3 Å². The van der Waals surface area contributed by atoms with Gasteiger partial charge in [-0.25, -0.2) is 13.2 Å². The molecule has 8 heteroatoms. The second-order valence-electron chi connectivity index (χ2n) is 4.00. The maximum absolute atomic E-state index is 12.2. The number of carboxylic acid groups (broad SMARTS) is 1. The molecule has 0 aliphatic carbocycles. The molecule has 0 saturated carbocycles. The fourth-order valence-corrected chi connectivity index (χ4v) is 3.27. The van der Waals surface area contributed by atoms with Crippen molar-refractivity contribution >= 4 is 44.9 Å². The van der Waals surface area contributed by atoms with Crippen molar-refractivity contribution in [3.63, 3.8) is 0 Å². The van der Waals surface area contributed by atoms with Gasteiger partial charge in [0.25, 0.3) is 10.0 Å². The summed E-state index contributed by atoms with van der Waals surface area (Å²) in [5.41, 5.74) is -0.663. The quantitative estimate of drug-likeness (QED) is 0.888. The first-order chi connectivity index (χ1) is 9.83. The fraction of sp³-hybridized carbons (Fsp3) is 0. The van der Waals surface area contributed by atoms with E-state index in [4.69, 9.17) is 28.3 Å². The van der Waals surface area contributed by atoms with Crippen LogP contribution < -0.4 is 4.72 Å². The number of anilines is 1. The van der Waals surface area contributed by atoms with E-state index >= 15 is 0 Å². The molecule has 0 heterocycles. The van der Waals surface area contributed by atoms with Gasteiger partial charge in [-0.2, -0.15) is 0 Å². The summed E-state index contributed by atoms with van der Waals surface area (Å²) in [6.45, 7) is 0. The summed E-state index contributed by atoms with van der Waals surface area (Å²) in [5, 5.41) is 8.99. The topological polar surface area (TPSA) is 83.5 Å². The molecule has 0 aliphatic rings. The Hall–Kier alpha value is -1.76. The van der Waals surface area contributed by atoms with E-state index in [0.717, 1.165) is 0 Å². The maximum Gasteiger partial charge on any atom is 0.339 e. The van der Waals surface area contributed by atoms with Gasteiger partial charge in [-0.05, 0) is 24.3 Å². The van der Waals surface area contributed by atoms with Crippen LogP contribution in [0.3, 0.4) is 0 Å². The molecule has 0 aromatic heterocycles. The van der Waals surface area contributed by atoms with E-state index in [9.17, 15) is 13.2 Å². The van der Waals surface area contributed by atoms with E-state index in [1.54, 1.807) is 18.2 Å². The summed E-state index contributed by atoms with van der Waals surface area (Å²) >= 11 is 11.7. The van der Waals surface area contributed by atoms with Crippen LogP contribution in [0, 0.1) is 0 Å². The van der Waals surface area contributed by atoms with E-state index in [2.05, 4.69) is 4.72 Å².